The van der Waals surface area contributed by atoms with Gasteiger partial charge in [0.2, 0.25) is 11.8 Å². The molecule has 3 atom stereocenters. The number of ether oxygens (including phenoxy) is 2. The van der Waals surface area contributed by atoms with Crippen molar-refractivity contribution < 1.29 is 34.1 Å². The number of amides is 2. The highest BCUT2D eigenvalue weighted by atomic mass is 127. The van der Waals surface area contributed by atoms with Gasteiger partial charge in [0.15, 0.2) is 11.5 Å². The molecule has 1 saturated carbocycles. The second-order valence-corrected chi connectivity index (χ2v) is 12.0. The number of carbonyl (C=O) groups excluding carboxylic acids is 3. The Labute approximate surface area is 260 Å². The van der Waals surface area contributed by atoms with Gasteiger partial charge >= 0.3 is 0 Å². The Morgan fingerprint density at radius 1 is 1.14 bits per heavy atom. The first kappa shape index (κ1) is 32.0. The number of aliphatic hydroxyl groups excluding tert-OH is 2. The summed E-state index contributed by atoms with van der Waals surface area (Å²) in [6.07, 6.45) is 5.89. The van der Waals surface area contributed by atoms with Gasteiger partial charge in [0.05, 0.1) is 29.7 Å². The molecule has 2 aromatic rings. The van der Waals surface area contributed by atoms with Gasteiger partial charge in [0.25, 0.3) is 0 Å². The molecule has 0 saturated heterocycles. The van der Waals surface area contributed by atoms with Crippen LogP contribution < -0.4 is 14.8 Å². The van der Waals surface area contributed by atoms with Gasteiger partial charge in [-0.05, 0) is 65.1 Å². The lowest BCUT2D eigenvalue weighted by molar-refractivity contribution is -0.139. The second kappa shape index (κ2) is 15.5. The Morgan fingerprint density at radius 2 is 1.88 bits per heavy atom. The van der Waals surface area contributed by atoms with E-state index in [4.69, 9.17) is 9.47 Å². The minimum atomic E-state index is -1.14. The normalized spacial score (nSPS) is 20.8. The third kappa shape index (κ3) is 8.11. The number of methoxy groups -OCH3 is 1. The maximum absolute atomic E-state index is 13.9. The van der Waals surface area contributed by atoms with E-state index >= 15 is 0 Å². The fraction of sp³-hybridized carbons (Fsp3) is 0.469. The highest BCUT2D eigenvalue weighted by Gasteiger charge is 2.41. The molecule has 4 rings (SSSR count). The maximum atomic E-state index is 13.9. The second-order valence-electron chi connectivity index (χ2n) is 10.9. The number of halogens is 1. The van der Waals surface area contributed by atoms with Gasteiger partial charge in [-0.25, -0.2) is 0 Å². The quantitative estimate of drug-likeness (QED) is 0.229. The molecular weight excluding hydrogens is 651 g/mol. The summed E-state index contributed by atoms with van der Waals surface area (Å²) in [6.45, 7) is 0.347. The first-order chi connectivity index (χ1) is 20.3. The first-order valence-electron chi connectivity index (χ1n) is 14.4. The average molecular weight is 691 g/mol. The maximum Gasteiger partial charge on any atom is 0.247 e. The lowest BCUT2D eigenvalue weighted by Gasteiger charge is -2.42. The molecule has 226 valence electrons. The van der Waals surface area contributed by atoms with Crippen LogP contribution >= 0.6 is 22.6 Å². The number of hydrogen-bond acceptors (Lipinski definition) is 7. The van der Waals surface area contributed by atoms with Crippen LogP contribution in [0, 0.1) is 9.49 Å². The van der Waals surface area contributed by atoms with E-state index in [0.29, 0.717) is 45.0 Å². The predicted molar refractivity (Wildman–Crippen MR) is 167 cm³/mol. The number of aldehydes is 1. The summed E-state index contributed by atoms with van der Waals surface area (Å²) in [5.74, 6) is 0.445. The molecule has 42 heavy (non-hydrogen) atoms. The Kier molecular flexibility index (Phi) is 11.8. The number of nitrogens with one attached hydrogen (secondary N) is 1. The van der Waals surface area contributed by atoms with Crippen LogP contribution in [-0.4, -0.2) is 78.3 Å². The van der Waals surface area contributed by atoms with Crippen LogP contribution in [0.25, 0.3) is 0 Å². The standard InChI is InChI=1S/C32H39IN2O7/c1-41-28-15-23(20-37)14-25(33)31(28)42-27-18-24(32(40)34-12-13-36)17-26(30(27)39)35(19-22-10-6-3-7-11-22)29(38)16-21-8-4-2-5-9-21/h2,4-5,8-9,14-15,18,20,22,26-27,30,36,39H,3,6-7,10-13,16-17,19H2,1H3,(H,34,40). The summed E-state index contributed by atoms with van der Waals surface area (Å²) in [5, 5.41) is 23.8. The summed E-state index contributed by atoms with van der Waals surface area (Å²) in [6, 6.07) is 12.0. The van der Waals surface area contributed by atoms with Crippen molar-refractivity contribution in [2.24, 2.45) is 5.92 Å². The number of rotatable bonds is 12. The lowest BCUT2D eigenvalue weighted by atomic mass is 9.85. The molecule has 0 heterocycles. The molecule has 2 aliphatic carbocycles. The van der Waals surface area contributed by atoms with Crippen LogP contribution in [0.3, 0.4) is 0 Å². The van der Waals surface area contributed by atoms with E-state index in [9.17, 15) is 24.6 Å². The van der Waals surface area contributed by atoms with Gasteiger partial charge in [-0.2, -0.15) is 0 Å². The summed E-state index contributed by atoms with van der Waals surface area (Å²) in [4.78, 5) is 40.3. The van der Waals surface area contributed by atoms with Gasteiger partial charge in [-0.1, -0.05) is 49.6 Å². The first-order valence-corrected chi connectivity index (χ1v) is 15.5. The molecule has 3 unspecified atom stereocenters. The summed E-state index contributed by atoms with van der Waals surface area (Å²) in [5.41, 5.74) is 1.65. The molecule has 2 aliphatic rings. The average Bonchev–Trinajstić information content (AvgIpc) is 3.01. The number of carbonyl (C=O) groups is 3. The molecule has 0 spiro atoms. The van der Waals surface area contributed by atoms with E-state index in [1.54, 1.807) is 23.1 Å². The Morgan fingerprint density at radius 3 is 2.55 bits per heavy atom. The molecule has 1 fully saturated rings. The van der Waals surface area contributed by atoms with Crippen molar-refractivity contribution in [1.29, 1.82) is 0 Å². The zero-order valence-electron chi connectivity index (χ0n) is 23.8. The highest BCUT2D eigenvalue weighted by molar-refractivity contribution is 14.1. The summed E-state index contributed by atoms with van der Waals surface area (Å²) in [7, 11) is 1.46. The number of benzene rings is 2. The van der Waals surface area contributed by atoms with Crippen LogP contribution in [0.1, 0.15) is 54.4 Å². The van der Waals surface area contributed by atoms with E-state index in [2.05, 4.69) is 5.32 Å². The van der Waals surface area contributed by atoms with Crippen molar-refractivity contribution in [2.45, 2.75) is 63.2 Å². The van der Waals surface area contributed by atoms with Crippen LogP contribution in [0.5, 0.6) is 11.5 Å². The summed E-state index contributed by atoms with van der Waals surface area (Å²) >= 11 is 2.04. The van der Waals surface area contributed by atoms with Crippen molar-refractivity contribution in [3.8, 4) is 11.5 Å². The molecule has 0 aromatic heterocycles. The van der Waals surface area contributed by atoms with Crippen LogP contribution in [0.15, 0.2) is 54.1 Å². The van der Waals surface area contributed by atoms with Gasteiger partial charge in [0.1, 0.15) is 18.5 Å². The third-order valence-electron chi connectivity index (χ3n) is 7.95. The molecule has 0 bridgehead atoms. The monoisotopic (exact) mass is 690 g/mol. The zero-order valence-corrected chi connectivity index (χ0v) is 26.0. The topological polar surface area (TPSA) is 125 Å². The smallest absolute Gasteiger partial charge is 0.247 e. The third-order valence-corrected chi connectivity index (χ3v) is 8.76. The van der Waals surface area contributed by atoms with Crippen molar-refractivity contribution in [1.82, 2.24) is 10.2 Å². The van der Waals surface area contributed by atoms with E-state index in [-0.39, 0.29) is 37.8 Å². The van der Waals surface area contributed by atoms with Crippen LogP contribution in [0.2, 0.25) is 0 Å². The molecule has 2 amide bonds. The fourth-order valence-corrected chi connectivity index (χ4v) is 6.53. The Hall–Kier alpha value is -2.96. The molecule has 0 radical (unpaired) electrons. The van der Waals surface area contributed by atoms with Crippen molar-refractivity contribution in [3.05, 3.63) is 68.8 Å². The zero-order chi connectivity index (χ0) is 30.1. The predicted octanol–water partition coefficient (Wildman–Crippen LogP) is 3.68. The number of aliphatic hydroxyl groups is 2. The van der Waals surface area contributed by atoms with E-state index in [1.165, 1.54) is 13.5 Å². The largest absolute Gasteiger partial charge is 0.493 e. The van der Waals surface area contributed by atoms with Gasteiger partial charge in [-0.15, -0.1) is 0 Å². The molecule has 10 heteroatoms. The van der Waals surface area contributed by atoms with Crippen molar-refractivity contribution in [3.63, 3.8) is 0 Å². The number of nitrogens with zero attached hydrogens (tertiary/aromatic N) is 1. The molecule has 2 aromatic carbocycles. The SMILES string of the molecule is COc1cc(C=O)cc(I)c1OC1C=C(C(=O)NCCO)CC(N(CC2CCCCC2)C(=O)Cc2ccccc2)C1O. The van der Waals surface area contributed by atoms with Crippen molar-refractivity contribution in [2.75, 3.05) is 26.8 Å². The van der Waals surface area contributed by atoms with Crippen LogP contribution in [-0.2, 0) is 16.0 Å². The molecule has 3 N–H and O–H groups in total. The molecular formula is C32H39IN2O7. The molecule has 0 aliphatic heterocycles. The van der Waals surface area contributed by atoms with Crippen molar-refractivity contribution >= 4 is 40.7 Å². The fourth-order valence-electron chi connectivity index (χ4n) is 5.78. The Balaban J connectivity index is 1.70. The minimum Gasteiger partial charge on any atom is -0.493 e. The Bertz CT molecular complexity index is 1260. The molecule has 9 nitrogen and oxygen atoms in total. The van der Waals surface area contributed by atoms with Crippen LogP contribution in [0.4, 0.5) is 0 Å². The van der Waals surface area contributed by atoms with E-state index < -0.39 is 18.2 Å². The number of hydrogen-bond donors (Lipinski definition) is 3. The van der Waals surface area contributed by atoms with Gasteiger partial charge in [-0.3, -0.25) is 14.4 Å². The van der Waals surface area contributed by atoms with Gasteiger partial charge in [0, 0.05) is 30.6 Å². The highest BCUT2D eigenvalue weighted by Crippen LogP contribution is 2.37. The minimum absolute atomic E-state index is 0.0759. The summed E-state index contributed by atoms with van der Waals surface area (Å²) < 4.78 is 12.4. The van der Waals surface area contributed by atoms with E-state index in [0.717, 1.165) is 31.2 Å². The van der Waals surface area contributed by atoms with Gasteiger partial charge < -0.3 is 29.9 Å². The van der Waals surface area contributed by atoms with E-state index in [1.807, 2.05) is 52.9 Å². The lowest BCUT2D eigenvalue weighted by Crippen LogP contribution is -2.56.